The number of rotatable bonds is 6. The summed E-state index contributed by atoms with van der Waals surface area (Å²) in [5.74, 6) is 1.32. The average molecular weight is 214 g/mol. The number of carbonyl (C=O) groups is 1. The predicted octanol–water partition coefficient (Wildman–Crippen LogP) is 1.77. The Bertz CT molecular complexity index is 192. The molecule has 0 aromatic rings. The van der Waals surface area contributed by atoms with Crippen LogP contribution in [0.2, 0.25) is 0 Å². The molecule has 0 aliphatic rings. The molecule has 15 heavy (non-hydrogen) atoms. The van der Waals surface area contributed by atoms with Crippen LogP contribution in [0.15, 0.2) is 0 Å². The highest BCUT2D eigenvalue weighted by Gasteiger charge is 2.19. The summed E-state index contributed by atoms with van der Waals surface area (Å²) in [6, 6.07) is -0.366. The number of hydrogen-bond donors (Lipinski definition) is 2. The van der Waals surface area contributed by atoms with Crippen molar-refractivity contribution in [3.8, 4) is 0 Å². The van der Waals surface area contributed by atoms with E-state index in [9.17, 15) is 4.79 Å². The van der Waals surface area contributed by atoms with Crippen molar-refractivity contribution < 1.29 is 4.79 Å². The Hall–Kier alpha value is -0.570. The Labute approximate surface area is 93.8 Å². The molecule has 3 N–H and O–H groups in total. The zero-order chi connectivity index (χ0) is 12.0. The molecule has 0 rings (SSSR count). The van der Waals surface area contributed by atoms with Crippen LogP contribution in [0.4, 0.5) is 0 Å². The monoisotopic (exact) mass is 214 g/mol. The van der Waals surface area contributed by atoms with Gasteiger partial charge in [-0.25, -0.2) is 0 Å². The first-order chi connectivity index (χ1) is 6.90. The molecule has 0 spiro atoms. The van der Waals surface area contributed by atoms with Gasteiger partial charge in [-0.05, 0) is 17.8 Å². The van der Waals surface area contributed by atoms with Crippen LogP contribution in [0.25, 0.3) is 0 Å². The number of carbonyl (C=O) groups excluding carboxylic acids is 1. The van der Waals surface area contributed by atoms with Gasteiger partial charge in [0.25, 0.3) is 0 Å². The zero-order valence-electron chi connectivity index (χ0n) is 10.7. The summed E-state index contributed by atoms with van der Waals surface area (Å²) in [7, 11) is 0. The second-order valence-electron chi connectivity index (χ2n) is 4.88. The standard InChI is InChI=1S/C12H26N2O/c1-6-9(4)11(13)12(15)14-7-10(5)8(2)3/h8-11H,6-7,13H2,1-5H3,(H,14,15)/t9-,10?,11-/m0/s1. The van der Waals surface area contributed by atoms with Gasteiger partial charge >= 0.3 is 0 Å². The summed E-state index contributed by atoms with van der Waals surface area (Å²) in [4.78, 5) is 11.6. The van der Waals surface area contributed by atoms with Crippen molar-refractivity contribution in [2.45, 2.75) is 47.1 Å². The Morgan fingerprint density at radius 3 is 2.13 bits per heavy atom. The molecule has 0 radical (unpaired) electrons. The molecule has 0 aromatic carbocycles. The van der Waals surface area contributed by atoms with Gasteiger partial charge in [0.05, 0.1) is 6.04 Å². The zero-order valence-corrected chi connectivity index (χ0v) is 10.7. The van der Waals surface area contributed by atoms with E-state index in [1.807, 2.05) is 6.92 Å². The topological polar surface area (TPSA) is 55.1 Å². The van der Waals surface area contributed by atoms with E-state index in [1.54, 1.807) is 0 Å². The molecule has 0 heterocycles. The molecule has 0 aliphatic carbocycles. The summed E-state index contributed by atoms with van der Waals surface area (Å²) in [5.41, 5.74) is 5.82. The molecular weight excluding hydrogens is 188 g/mol. The van der Waals surface area contributed by atoms with Crippen LogP contribution in [0.5, 0.6) is 0 Å². The van der Waals surface area contributed by atoms with Crippen molar-refractivity contribution in [1.29, 1.82) is 0 Å². The molecule has 0 saturated heterocycles. The third-order valence-electron chi connectivity index (χ3n) is 3.30. The molecular formula is C12H26N2O. The van der Waals surface area contributed by atoms with Gasteiger partial charge in [-0.15, -0.1) is 0 Å². The molecule has 1 amide bonds. The van der Waals surface area contributed by atoms with E-state index in [0.717, 1.165) is 13.0 Å². The first kappa shape index (κ1) is 14.4. The SMILES string of the molecule is CC[C@H](C)[C@H](N)C(=O)NCC(C)C(C)C. The molecule has 1 unspecified atom stereocenters. The second kappa shape index (κ2) is 6.83. The summed E-state index contributed by atoms with van der Waals surface area (Å²) in [6.45, 7) is 11.2. The maximum Gasteiger partial charge on any atom is 0.237 e. The van der Waals surface area contributed by atoms with Crippen LogP contribution >= 0.6 is 0 Å². The molecule has 0 fully saturated rings. The van der Waals surface area contributed by atoms with Crippen LogP contribution in [-0.2, 0) is 4.79 Å². The van der Waals surface area contributed by atoms with Crippen molar-refractivity contribution in [2.75, 3.05) is 6.54 Å². The van der Waals surface area contributed by atoms with Crippen LogP contribution in [0, 0.1) is 17.8 Å². The van der Waals surface area contributed by atoms with Crippen LogP contribution in [0.3, 0.4) is 0 Å². The normalized spacial score (nSPS) is 17.3. The Morgan fingerprint density at radius 2 is 1.73 bits per heavy atom. The van der Waals surface area contributed by atoms with Gasteiger partial charge in [0.2, 0.25) is 5.91 Å². The van der Waals surface area contributed by atoms with Crippen LogP contribution in [-0.4, -0.2) is 18.5 Å². The van der Waals surface area contributed by atoms with Crippen molar-refractivity contribution in [1.82, 2.24) is 5.32 Å². The molecule has 0 aliphatic heterocycles. The lowest BCUT2D eigenvalue weighted by atomic mass is 9.96. The van der Waals surface area contributed by atoms with Gasteiger partial charge in [-0.2, -0.15) is 0 Å². The molecule has 0 saturated carbocycles. The minimum Gasteiger partial charge on any atom is -0.354 e. The first-order valence-corrected chi connectivity index (χ1v) is 5.93. The average Bonchev–Trinajstić information content (AvgIpc) is 2.22. The third-order valence-corrected chi connectivity index (χ3v) is 3.30. The molecule has 0 aromatic heterocycles. The number of amides is 1. The van der Waals surface area contributed by atoms with Crippen molar-refractivity contribution >= 4 is 5.91 Å². The highest BCUT2D eigenvalue weighted by molar-refractivity contribution is 5.81. The van der Waals surface area contributed by atoms with E-state index in [0.29, 0.717) is 11.8 Å². The second-order valence-corrected chi connectivity index (χ2v) is 4.88. The number of nitrogens with two attached hydrogens (primary N) is 1. The lowest BCUT2D eigenvalue weighted by Crippen LogP contribution is -2.46. The first-order valence-electron chi connectivity index (χ1n) is 5.93. The van der Waals surface area contributed by atoms with Crippen LogP contribution in [0.1, 0.15) is 41.0 Å². The summed E-state index contributed by atoms with van der Waals surface area (Å²) >= 11 is 0. The summed E-state index contributed by atoms with van der Waals surface area (Å²) in [5, 5.41) is 2.91. The molecule has 3 nitrogen and oxygen atoms in total. The van der Waals surface area contributed by atoms with Gasteiger partial charge in [0.1, 0.15) is 0 Å². The van der Waals surface area contributed by atoms with Crippen molar-refractivity contribution in [3.63, 3.8) is 0 Å². The van der Waals surface area contributed by atoms with E-state index in [-0.39, 0.29) is 17.9 Å². The Kier molecular flexibility index (Phi) is 6.57. The van der Waals surface area contributed by atoms with Crippen molar-refractivity contribution in [3.05, 3.63) is 0 Å². The van der Waals surface area contributed by atoms with Gasteiger partial charge in [-0.3, -0.25) is 4.79 Å². The smallest absolute Gasteiger partial charge is 0.237 e. The van der Waals surface area contributed by atoms with Gasteiger partial charge in [0, 0.05) is 6.54 Å². The third kappa shape index (κ3) is 5.17. The lowest BCUT2D eigenvalue weighted by Gasteiger charge is -2.21. The molecule has 3 atom stereocenters. The quantitative estimate of drug-likeness (QED) is 0.708. The highest BCUT2D eigenvalue weighted by Crippen LogP contribution is 2.09. The summed E-state index contributed by atoms with van der Waals surface area (Å²) in [6.07, 6.45) is 0.939. The maximum atomic E-state index is 11.6. The van der Waals surface area contributed by atoms with Crippen molar-refractivity contribution in [2.24, 2.45) is 23.5 Å². The molecule has 3 heteroatoms. The van der Waals surface area contributed by atoms with Gasteiger partial charge in [0.15, 0.2) is 0 Å². The fourth-order valence-corrected chi connectivity index (χ4v) is 1.13. The number of nitrogens with one attached hydrogen (secondary N) is 1. The van der Waals surface area contributed by atoms with E-state index in [2.05, 4.69) is 33.0 Å². The fraction of sp³-hybridized carbons (Fsp3) is 0.917. The van der Waals surface area contributed by atoms with E-state index in [1.165, 1.54) is 0 Å². The van der Waals surface area contributed by atoms with E-state index in [4.69, 9.17) is 5.73 Å². The highest BCUT2D eigenvalue weighted by atomic mass is 16.2. The largest absolute Gasteiger partial charge is 0.354 e. The number of hydrogen-bond acceptors (Lipinski definition) is 2. The predicted molar refractivity (Wildman–Crippen MR) is 64.4 cm³/mol. The fourth-order valence-electron chi connectivity index (χ4n) is 1.13. The molecule has 90 valence electrons. The van der Waals surface area contributed by atoms with E-state index >= 15 is 0 Å². The van der Waals surface area contributed by atoms with Crippen LogP contribution < -0.4 is 11.1 Å². The minimum absolute atomic E-state index is 0.0168. The van der Waals surface area contributed by atoms with Gasteiger partial charge in [-0.1, -0.05) is 41.0 Å². The molecule has 0 bridgehead atoms. The minimum atomic E-state index is -0.366. The maximum absolute atomic E-state index is 11.6. The Morgan fingerprint density at radius 1 is 1.20 bits per heavy atom. The summed E-state index contributed by atoms with van der Waals surface area (Å²) < 4.78 is 0. The van der Waals surface area contributed by atoms with E-state index < -0.39 is 0 Å². The van der Waals surface area contributed by atoms with Gasteiger partial charge < -0.3 is 11.1 Å². The Balaban J connectivity index is 3.93. The lowest BCUT2D eigenvalue weighted by molar-refractivity contribution is -0.123.